The molecule has 0 spiro atoms. The van der Waals surface area contributed by atoms with Crippen molar-refractivity contribution in [2.45, 2.75) is 11.8 Å². The second kappa shape index (κ2) is 6.10. The molecular weight excluding hydrogens is 312 g/mol. The summed E-state index contributed by atoms with van der Waals surface area (Å²) in [5.41, 5.74) is 3.11. The summed E-state index contributed by atoms with van der Waals surface area (Å²) in [6.45, 7) is 2.04. The highest BCUT2D eigenvalue weighted by Gasteiger charge is 2.34. The average molecular weight is 328 g/mol. The molecule has 0 aliphatic rings. The Hall–Kier alpha value is -2.25. The predicted molar refractivity (Wildman–Crippen MR) is 90.7 cm³/mol. The molecule has 0 bridgehead atoms. The van der Waals surface area contributed by atoms with Crippen LogP contribution in [0, 0.1) is 6.92 Å². The molecule has 0 heterocycles. The lowest BCUT2D eigenvalue weighted by Gasteiger charge is -2.08. The minimum atomic E-state index is -3.89. The van der Waals surface area contributed by atoms with Crippen LogP contribution in [0.4, 0.5) is 11.4 Å². The van der Waals surface area contributed by atoms with Crippen LogP contribution in [0.3, 0.4) is 0 Å². The van der Waals surface area contributed by atoms with Gasteiger partial charge >= 0.3 is 10.5 Å². The fourth-order valence-corrected chi connectivity index (χ4v) is 2.93. The van der Waals surface area contributed by atoms with Crippen LogP contribution in [0.1, 0.15) is 5.56 Å². The Bertz CT molecular complexity index is 894. The highest BCUT2D eigenvalue weighted by atomic mass is 32.3. The number of hydrogen-bond acceptors (Lipinski definition) is 4. The summed E-state index contributed by atoms with van der Waals surface area (Å²) in [5, 5.41) is 5.02. The maximum Gasteiger partial charge on any atom is 0.447 e. The van der Waals surface area contributed by atoms with Crippen molar-refractivity contribution in [3.63, 3.8) is 0 Å². The Labute approximate surface area is 135 Å². The van der Waals surface area contributed by atoms with Crippen LogP contribution >= 0.6 is 0 Å². The van der Waals surface area contributed by atoms with Crippen molar-refractivity contribution in [2.24, 2.45) is 5.90 Å². The van der Waals surface area contributed by atoms with E-state index in [0.717, 1.165) is 22.1 Å². The highest BCUT2D eigenvalue weighted by Crippen LogP contribution is 2.26. The maximum atomic E-state index is 11.6. The van der Waals surface area contributed by atoms with E-state index in [9.17, 15) is 8.76 Å². The van der Waals surface area contributed by atoms with Gasteiger partial charge in [0.05, 0.1) is 4.55 Å². The van der Waals surface area contributed by atoms with Crippen molar-refractivity contribution >= 4 is 32.6 Å². The van der Waals surface area contributed by atoms with Gasteiger partial charge in [0, 0.05) is 23.5 Å². The molecule has 3 rings (SSSR count). The summed E-state index contributed by atoms with van der Waals surface area (Å²) in [7, 11) is -3.89. The molecule has 0 saturated carbocycles. The number of benzene rings is 3. The Morgan fingerprint density at radius 1 is 0.913 bits per heavy atom. The van der Waals surface area contributed by atoms with Crippen LogP contribution in [-0.2, 0) is 23.5 Å². The van der Waals surface area contributed by atoms with Gasteiger partial charge in [-0.1, -0.05) is 23.8 Å². The van der Waals surface area contributed by atoms with E-state index in [4.69, 9.17) is 5.90 Å². The molecule has 23 heavy (non-hydrogen) atoms. The molecule has 0 saturated heterocycles. The molecule has 0 aliphatic carbocycles. The molecule has 0 fully saturated rings. The zero-order valence-electron chi connectivity index (χ0n) is 12.5. The summed E-state index contributed by atoms with van der Waals surface area (Å²) < 4.78 is 27.3. The molecule has 1 atom stereocenters. The number of fused-ring (bicyclic) bond motifs is 1. The molecule has 0 aromatic heterocycles. The molecule has 3 aromatic carbocycles. The van der Waals surface area contributed by atoms with Crippen LogP contribution in [-0.4, -0.2) is 0 Å². The van der Waals surface area contributed by atoms with Gasteiger partial charge in [-0.05, 0) is 56.5 Å². The van der Waals surface area contributed by atoms with Crippen LogP contribution < -0.4 is 11.2 Å². The van der Waals surface area contributed by atoms with Crippen LogP contribution in [0.2, 0.25) is 0 Å². The normalized spacial score (nSPS) is 13.7. The number of hydrogen-bond donors (Lipinski definition) is 2. The Morgan fingerprint density at radius 2 is 1.52 bits per heavy atom. The van der Waals surface area contributed by atoms with Gasteiger partial charge in [-0.15, -0.1) is 0 Å². The van der Waals surface area contributed by atoms with Crippen LogP contribution in [0.25, 0.3) is 10.8 Å². The quantitative estimate of drug-likeness (QED) is 0.562. The molecular formula is C17H16N2O3S+. The fraction of sp³-hybridized carbons (Fsp3) is 0.0588. The topological polar surface area (TPSA) is 84.2 Å². The molecule has 0 amide bonds. The average Bonchev–Trinajstić information content (AvgIpc) is 2.56. The number of nitrogens with two attached hydrogens (primary N) is 1. The minimum absolute atomic E-state index is 0.0340. The van der Waals surface area contributed by atoms with Gasteiger partial charge in [-0.3, -0.25) is 0 Å². The molecule has 1 radical (unpaired) electrons. The van der Waals surface area contributed by atoms with Crippen molar-refractivity contribution in [3.05, 3.63) is 66.2 Å². The number of rotatable bonds is 4. The third kappa shape index (κ3) is 3.40. The summed E-state index contributed by atoms with van der Waals surface area (Å²) in [6, 6.07) is 18.5. The molecule has 0 aliphatic heterocycles. The monoisotopic (exact) mass is 328 g/mol. The van der Waals surface area contributed by atoms with Gasteiger partial charge in [-0.2, -0.15) is 5.90 Å². The van der Waals surface area contributed by atoms with Gasteiger partial charge in [-0.25, -0.2) is 0 Å². The minimum Gasteiger partial charge on any atom is -0.356 e. The summed E-state index contributed by atoms with van der Waals surface area (Å²) in [5.74, 6) is 4.81. The summed E-state index contributed by atoms with van der Waals surface area (Å²) in [6.07, 6.45) is 0. The van der Waals surface area contributed by atoms with Crippen molar-refractivity contribution < 1.29 is 13.0 Å². The van der Waals surface area contributed by atoms with Gasteiger partial charge in [0.25, 0.3) is 0 Å². The van der Waals surface area contributed by atoms with Crippen LogP contribution in [0.5, 0.6) is 0 Å². The number of aryl methyl sites for hydroxylation is 1. The molecule has 117 valence electrons. The predicted octanol–water partition coefficient (Wildman–Crippen LogP) is 3.90. The lowest BCUT2D eigenvalue weighted by molar-refractivity contribution is 0.261. The molecule has 5 nitrogen and oxygen atoms in total. The fourth-order valence-electron chi connectivity index (χ4n) is 2.32. The van der Waals surface area contributed by atoms with Crippen molar-refractivity contribution in [3.8, 4) is 0 Å². The zero-order valence-corrected chi connectivity index (χ0v) is 13.3. The summed E-state index contributed by atoms with van der Waals surface area (Å²) >= 11 is 0. The van der Waals surface area contributed by atoms with E-state index in [1.165, 1.54) is 17.7 Å². The first-order valence-corrected chi connectivity index (χ1v) is 8.40. The molecule has 3 aromatic rings. The Kier molecular flexibility index (Phi) is 4.14. The third-order valence-electron chi connectivity index (χ3n) is 3.57. The van der Waals surface area contributed by atoms with Gasteiger partial charge in [0.2, 0.25) is 4.90 Å². The van der Waals surface area contributed by atoms with Gasteiger partial charge < -0.3 is 5.32 Å². The Balaban J connectivity index is 1.92. The largest absolute Gasteiger partial charge is 0.447 e. The lowest BCUT2D eigenvalue weighted by Crippen LogP contribution is -2.16. The molecule has 3 N–H and O–H groups in total. The van der Waals surface area contributed by atoms with Crippen molar-refractivity contribution in [2.75, 3.05) is 5.32 Å². The second-order valence-electron chi connectivity index (χ2n) is 5.27. The first-order chi connectivity index (χ1) is 11.0. The van der Waals surface area contributed by atoms with E-state index >= 15 is 0 Å². The smallest absolute Gasteiger partial charge is 0.356 e. The maximum absolute atomic E-state index is 11.6. The standard InChI is InChI=1S/C17H16N2O3S/c1-12-2-6-15(7-3-12)19-16-8-4-14-11-17(23(20,21)22-18)9-5-13(14)10-16/h2-11,19H,18H2,1H3/q+1. The Morgan fingerprint density at radius 3 is 2.22 bits per heavy atom. The van der Waals surface area contributed by atoms with E-state index in [0.29, 0.717) is 0 Å². The first-order valence-electron chi connectivity index (χ1n) is 6.99. The van der Waals surface area contributed by atoms with Crippen LogP contribution in [0.15, 0.2) is 65.6 Å². The number of nitrogens with one attached hydrogen (secondary N) is 1. The molecule has 1 unspecified atom stereocenters. The first kappa shape index (κ1) is 15.6. The van der Waals surface area contributed by atoms with E-state index in [1.54, 1.807) is 6.07 Å². The van der Waals surface area contributed by atoms with E-state index in [-0.39, 0.29) is 4.90 Å². The van der Waals surface area contributed by atoms with E-state index in [2.05, 4.69) is 9.60 Å². The van der Waals surface area contributed by atoms with Gasteiger partial charge in [0.1, 0.15) is 0 Å². The second-order valence-corrected chi connectivity index (χ2v) is 6.84. The SMILES string of the molecule is Cc1ccc(Nc2ccc3cc([S+]([O])(=O)ON)ccc3c2)cc1. The van der Waals surface area contributed by atoms with Crippen molar-refractivity contribution in [1.29, 1.82) is 0 Å². The van der Waals surface area contributed by atoms with Crippen molar-refractivity contribution in [1.82, 2.24) is 0 Å². The highest BCUT2D eigenvalue weighted by molar-refractivity contribution is 7.93. The molecule has 6 heteroatoms. The van der Waals surface area contributed by atoms with Gasteiger partial charge in [0.15, 0.2) is 0 Å². The zero-order chi connectivity index (χ0) is 16.4. The number of anilines is 2. The summed E-state index contributed by atoms with van der Waals surface area (Å²) in [4.78, 5) is 0.0340. The van der Waals surface area contributed by atoms with E-state index in [1.807, 2.05) is 49.4 Å². The lowest BCUT2D eigenvalue weighted by atomic mass is 10.1. The third-order valence-corrected chi connectivity index (χ3v) is 4.65. The van der Waals surface area contributed by atoms with E-state index < -0.39 is 10.5 Å².